The zero-order chi connectivity index (χ0) is 11.4. The molecule has 0 bridgehead atoms. The molecule has 2 saturated heterocycles. The summed E-state index contributed by atoms with van der Waals surface area (Å²) in [6.07, 6.45) is 3.98. The molecule has 0 radical (unpaired) electrons. The molecule has 0 aliphatic carbocycles. The number of ether oxygens (including phenoxy) is 1. The van der Waals surface area contributed by atoms with Crippen molar-refractivity contribution in [2.75, 3.05) is 39.5 Å². The number of aliphatic hydroxyl groups is 1. The van der Waals surface area contributed by atoms with Gasteiger partial charge in [0, 0.05) is 26.3 Å². The van der Waals surface area contributed by atoms with Gasteiger partial charge in [0.1, 0.15) is 6.29 Å². The Balaban J connectivity index is 1.83. The van der Waals surface area contributed by atoms with Crippen LogP contribution in [0.25, 0.3) is 0 Å². The number of hydrogen-bond donors (Lipinski definition) is 1. The Hall–Kier alpha value is -0.450. The lowest BCUT2D eigenvalue weighted by Gasteiger charge is -2.26. The van der Waals surface area contributed by atoms with Gasteiger partial charge in [-0.3, -0.25) is 0 Å². The molecule has 1 N–H and O–H groups in total. The van der Waals surface area contributed by atoms with Gasteiger partial charge >= 0.3 is 0 Å². The first-order chi connectivity index (χ1) is 7.78. The summed E-state index contributed by atoms with van der Waals surface area (Å²) in [6.45, 7) is 4.49. The van der Waals surface area contributed by atoms with Gasteiger partial charge in [-0.15, -0.1) is 0 Å². The molecule has 2 unspecified atom stereocenters. The standard InChI is InChI=1S/C12H21NO3/c14-5-2-11-1-4-13(7-11)8-12(9-15)3-6-16-10-12/h9,11,14H,1-8,10H2. The first-order valence-electron chi connectivity index (χ1n) is 6.15. The Kier molecular flexibility index (Phi) is 3.95. The van der Waals surface area contributed by atoms with E-state index in [0.717, 1.165) is 45.2 Å². The molecule has 0 aromatic carbocycles. The van der Waals surface area contributed by atoms with Gasteiger partial charge in [-0.05, 0) is 31.7 Å². The van der Waals surface area contributed by atoms with Crippen molar-refractivity contribution >= 4 is 6.29 Å². The van der Waals surface area contributed by atoms with E-state index in [1.54, 1.807) is 0 Å². The van der Waals surface area contributed by atoms with E-state index >= 15 is 0 Å². The zero-order valence-electron chi connectivity index (χ0n) is 9.73. The highest BCUT2D eigenvalue weighted by atomic mass is 16.5. The zero-order valence-corrected chi connectivity index (χ0v) is 9.73. The van der Waals surface area contributed by atoms with Crippen LogP contribution in [0, 0.1) is 11.3 Å². The van der Waals surface area contributed by atoms with Crippen molar-refractivity contribution in [2.24, 2.45) is 11.3 Å². The Morgan fingerprint density at radius 1 is 1.56 bits per heavy atom. The average molecular weight is 227 g/mol. The third kappa shape index (κ3) is 2.62. The predicted octanol–water partition coefficient (Wildman–Crippen LogP) is 0.296. The number of nitrogens with zero attached hydrogens (tertiary/aromatic N) is 1. The quantitative estimate of drug-likeness (QED) is 0.686. The summed E-state index contributed by atoms with van der Waals surface area (Å²) >= 11 is 0. The molecule has 0 aromatic heterocycles. The molecule has 0 spiro atoms. The topological polar surface area (TPSA) is 49.8 Å². The summed E-state index contributed by atoms with van der Waals surface area (Å²) in [7, 11) is 0. The van der Waals surface area contributed by atoms with E-state index in [2.05, 4.69) is 4.90 Å². The minimum Gasteiger partial charge on any atom is -0.396 e. The fourth-order valence-corrected chi connectivity index (χ4v) is 2.80. The number of likely N-dealkylation sites (tertiary alicyclic amines) is 1. The van der Waals surface area contributed by atoms with Crippen LogP contribution >= 0.6 is 0 Å². The maximum Gasteiger partial charge on any atom is 0.129 e. The molecule has 16 heavy (non-hydrogen) atoms. The molecule has 2 aliphatic heterocycles. The summed E-state index contributed by atoms with van der Waals surface area (Å²) in [6, 6.07) is 0. The Morgan fingerprint density at radius 2 is 2.44 bits per heavy atom. The molecule has 0 aromatic rings. The van der Waals surface area contributed by atoms with Crippen LogP contribution in [0.4, 0.5) is 0 Å². The second kappa shape index (κ2) is 5.25. The number of hydrogen-bond acceptors (Lipinski definition) is 4. The summed E-state index contributed by atoms with van der Waals surface area (Å²) < 4.78 is 5.34. The second-order valence-corrected chi connectivity index (χ2v) is 5.18. The highest BCUT2D eigenvalue weighted by molar-refractivity contribution is 5.60. The summed E-state index contributed by atoms with van der Waals surface area (Å²) in [5.74, 6) is 0.607. The molecule has 4 nitrogen and oxygen atoms in total. The number of aldehydes is 1. The van der Waals surface area contributed by atoms with Gasteiger partial charge in [-0.1, -0.05) is 0 Å². The van der Waals surface area contributed by atoms with Crippen molar-refractivity contribution in [1.82, 2.24) is 4.90 Å². The number of carbonyl (C=O) groups excluding carboxylic acids is 1. The lowest BCUT2D eigenvalue weighted by Crippen LogP contribution is -2.38. The monoisotopic (exact) mass is 227 g/mol. The van der Waals surface area contributed by atoms with Crippen LogP contribution in [0.1, 0.15) is 19.3 Å². The second-order valence-electron chi connectivity index (χ2n) is 5.18. The highest BCUT2D eigenvalue weighted by Gasteiger charge is 2.38. The molecule has 92 valence electrons. The molecule has 2 atom stereocenters. The summed E-state index contributed by atoms with van der Waals surface area (Å²) in [5.41, 5.74) is -0.256. The highest BCUT2D eigenvalue weighted by Crippen LogP contribution is 2.30. The lowest BCUT2D eigenvalue weighted by molar-refractivity contribution is -0.117. The van der Waals surface area contributed by atoms with Gasteiger partial charge < -0.3 is 19.5 Å². The summed E-state index contributed by atoms with van der Waals surface area (Å²) in [5, 5.41) is 8.90. The van der Waals surface area contributed by atoms with E-state index in [9.17, 15) is 4.79 Å². The number of rotatable bonds is 5. The smallest absolute Gasteiger partial charge is 0.129 e. The lowest BCUT2D eigenvalue weighted by atomic mass is 9.88. The summed E-state index contributed by atoms with van der Waals surface area (Å²) in [4.78, 5) is 13.5. The number of carbonyl (C=O) groups is 1. The molecule has 4 heteroatoms. The van der Waals surface area contributed by atoms with Crippen molar-refractivity contribution < 1.29 is 14.6 Å². The van der Waals surface area contributed by atoms with Crippen molar-refractivity contribution in [3.63, 3.8) is 0 Å². The third-order valence-electron chi connectivity index (χ3n) is 3.83. The van der Waals surface area contributed by atoms with Crippen LogP contribution in [0.15, 0.2) is 0 Å². The van der Waals surface area contributed by atoms with E-state index in [0.29, 0.717) is 19.1 Å². The maximum absolute atomic E-state index is 11.2. The van der Waals surface area contributed by atoms with Crippen molar-refractivity contribution in [1.29, 1.82) is 0 Å². The fraction of sp³-hybridized carbons (Fsp3) is 0.917. The van der Waals surface area contributed by atoms with Crippen LogP contribution in [-0.4, -0.2) is 55.7 Å². The first-order valence-corrected chi connectivity index (χ1v) is 6.15. The molecule has 0 saturated carbocycles. The number of aliphatic hydroxyl groups excluding tert-OH is 1. The Labute approximate surface area is 96.6 Å². The van der Waals surface area contributed by atoms with Crippen molar-refractivity contribution in [3.8, 4) is 0 Å². The van der Waals surface area contributed by atoms with Gasteiger partial charge in [-0.2, -0.15) is 0 Å². The molecule has 2 aliphatic rings. The van der Waals surface area contributed by atoms with E-state index in [-0.39, 0.29) is 12.0 Å². The van der Waals surface area contributed by atoms with Gasteiger partial charge in [0.25, 0.3) is 0 Å². The third-order valence-corrected chi connectivity index (χ3v) is 3.83. The van der Waals surface area contributed by atoms with E-state index in [1.807, 2.05) is 0 Å². The largest absolute Gasteiger partial charge is 0.396 e. The van der Waals surface area contributed by atoms with Crippen LogP contribution in [0.2, 0.25) is 0 Å². The van der Waals surface area contributed by atoms with E-state index < -0.39 is 0 Å². The fourth-order valence-electron chi connectivity index (χ4n) is 2.80. The van der Waals surface area contributed by atoms with Gasteiger partial charge in [0.15, 0.2) is 0 Å². The molecule has 0 amide bonds. The van der Waals surface area contributed by atoms with Crippen molar-refractivity contribution in [3.05, 3.63) is 0 Å². The Morgan fingerprint density at radius 3 is 3.06 bits per heavy atom. The molecular weight excluding hydrogens is 206 g/mol. The maximum atomic E-state index is 11.2. The van der Waals surface area contributed by atoms with E-state index in [4.69, 9.17) is 9.84 Å². The molecule has 2 fully saturated rings. The van der Waals surface area contributed by atoms with Crippen LogP contribution in [0.5, 0.6) is 0 Å². The first kappa shape index (κ1) is 12.0. The van der Waals surface area contributed by atoms with Crippen LogP contribution < -0.4 is 0 Å². The Bertz CT molecular complexity index is 238. The molecule has 2 heterocycles. The predicted molar refractivity (Wildman–Crippen MR) is 60.2 cm³/mol. The van der Waals surface area contributed by atoms with Crippen molar-refractivity contribution in [2.45, 2.75) is 19.3 Å². The van der Waals surface area contributed by atoms with Crippen LogP contribution in [-0.2, 0) is 9.53 Å². The van der Waals surface area contributed by atoms with Gasteiger partial charge in [0.05, 0.1) is 12.0 Å². The van der Waals surface area contributed by atoms with Crippen LogP contribution in [0.3, 0.4) is 0 Å². The minimum atomic E-state index is -0.256. The van der Waals surface area contributed by atoms with Gasteiger partial charge in [-0.25, -0.2) is 0 Å². The normalized spacial score (nSPS) is 35.7. The average Bonchev–Trinajstić information content (AvgIpc) is 2.90. The molecule has 2 rings (SSSR count). The van der Waals surface area contributed by atoms with E-state index in [1.165, 1.54) is 0 Å². The SMILES string of the molecule is O=CC1(CN2CCC(CCO)C2)CCOC1. The van der Waals surface area contributed by atoms with Gasteiger partial charge in [0.2, 0.25) is 0 Å². The molecular formula is C12H21NO3. The minimum absolute atomic E-state index is 0.256.